The molecule has 1 amide bonds. The van der Waals surface area contributed by atoms with Crippen LogP contribution in [0.5, 0.6) is 0 Å². The molecule has 0 radical (unpaired) electrons. The van der Waals surface area contributed by atoms with Crippen LogP contribution in [0, 0.1) is 0 Å². The van der Waals surface area contributed by atoms with Crippen molar-refractivity contribution in [3.63, 3.8) is 0 Å². The van der Waals surface area contributed by atoms with Gasteiger partial charge in [0.25, 0.3) is 5.56 Å². The van der Waals surface area contributed by atoms with Crippen LogP contribution in [0.25, 0.3) is 11.1 Å². The quantitative estimate of drug-likeness (QED) is 0.844. The number of allylic oxidation sites excluding steroid dienone is 1. The van der Waals surface area contributed by atoms with Crippen molar-refractivity contribution in [3.05, 3.63) is 59.3 Å². The van der Waals surface area contributed by atoms with E-state index in [0.29, 0.717) is 18.8 Å². The molecule has 3 rings (SSSR count). The highest BCUT2D eigenvalue weighted by Crippen LogP contribution is 2.20. The minimum Gasteiger partial charge on any atom is -0.376 e. The van der Waals surface area contributed by atoms with E-state index in [1.54, 1.807) is 35.6 Å². The highest BCUT2D eigenvalue weighted by molar-refractivity contribution is 5.87. The fourth-order valence-electron chi connectivity index (χ4n) is 2.85. The van der Waals surface area contributed by atoms with Gasteiger partial charge < -0.3 is 15.2 Å². The Kier molecular flexibility index (Phi) is 4.74. The lowest BCUT2D eigenvalue weighted by molar-refractivity contribution is -0.125. The van der Waals surface area contributed by atoms with E-state index in [1.165, 1.54) is 0 Å². The highest BCUT2D eigenvalue weighted by Gasteiger charge is 2.25. The average molecular weight is 324 g/mol. The Morgan fingerprint density at radius 3 is 2.92 bits per heavy atom. The molecular weight excluding hydrogens is 304 g/mol. The van der Waals surface area contributed by atoms with Gasteiger partial charge in [-0.2, -0.15) is 0 Å². The second kappa shape index (κ2) is 7.12. The maximum absolute atomic E-state index is 12.1. The normalized spacial score (nSPS) is 17.4. The molecule has 0 aromatic carbocycles. The maximum atomic E-state index is 12.1. The van der Waals surface area contributed by atoms with Gasteiger partial charge in [0.05, 0.1) is 0 Å². The summed E-state index contributed by atoms with van der Waals surface area (Å²) in [6, 6.07) is 5.70. The second-order valence-electron chi connectivity index (χ2n) is 5.78. The summed E-state index contributed by atoms with van der Waals surface area (Å²) >= 11 is 0. The van der Waals surface area contributed by atoms with Crippen molar-refractivity contribution in [3.8, 4) is 11.1 Å². The zero-order valence-electron chi connectivity index (χ0n) is 13.5. The Morgan fingerprint density at radius 1 is 1.38 bits per heavy atom. The zero-order valence-corrected chi connectivity index (χ0v) is 13.5. The fourth-order valence-corrected chi connectivity index (χ4v) is 2.85. The van der Waals surface area contributed by atoms with Gasteiger partial charge in [-0.3, -0.25) is 14.6 Å². The second-order valence-corrected chi connectivity index (χ2v) is 5.78. The Hall–Kier alpha value is -2.89. The number of rotatable bonds is 4. The molecule has 3 heterocycles. The van der Waals surface area contributed by atoms with Crippen LogP contribution in [-0.2, 0) is 4.79 Å². The molecule has 0 bridgehead atoms. The molecule has 24 heavy (non-hydrogen) atoms. The van der Waals surface area contributed by atoms with Crippen LogP contribution in [-0.4, -0.2) is 39.9 Å². The van der Waals surface area contributed by atoms with E-state index in [-0.39, 0.29) is 17.5 Å². The molecule has 2 aromatic heterocycles. The molecule has 1 fully saturated rings. The lowest BCUT2D eigenvalue weighted by Gasteiger charge is -2.16. The van der Waals surface area contributed by atoms with Crippen molar-refractivity contribution < 1.29 is 4.79 Å². The summed E-state index contributed by atoms with van der Waals surface area (Å²) in [6.07, 6.45) is 9.26. The predicted molar refractivity (Wildman–Crippen MR) is 93.7 cm³/mol. The average Bonchev–Trinajstić information content (AvgIpc) is 3.07. The SMILES string of the molecule is CC=CC(=O)N1CC[C@@H](Nc2cc(-c3ccncc3)c[nH]c2=O)C1. The summed E-state index contributed by atoms with van der Waals surface area (Å²) in [5.41, 5.74) is 2.26. The van der Waals surface area contributed by atoms with Crippen molar-refractivity contribution in [1.82, 2.24) is 14.9 Å². The summed E-state index contributed by atoms with van der Waals surface area (Å²) in [6.45, 7) is 3.12. The van der Waals surface area contributed by atoms with E-state index in [1.807, 2.05) is 25.1 Å². The van der Waals surface area contributed by atoms with Crippen LogP contribution in [0.3, 0.4) is 0 Å². The number of nitrogens with zero attached hydrogens (tertiary/aromatic N) is 2. The van der Waals surface area contributed by atoms with E-state index < -0.39 is 0 Å². The molecule has 1 aliphatic rings. The number of amides is 1. The largest absolute Gasteiger partial charge is 0.376 e. The number of carbonyl (C=O) groups excluding carboxylic acids is 1. The molecule has 0 spiro atoms. The number of likely N-dealkylation sites (tertiary alicyclic amines) is 1. The number of aromatic nitrogens is 2. The number of pyridine rings is 2. The molecule has 124 valence electrons. The molecule has 0 aliphatic carbocycles. The van der Waals surface area contributed by atoms with Crippen LogP contribution in [0.15, 0.2) is 53.7 Å². The molecular formula is C18H20N4O2. The standard InChI is InChI=1S/C18H20N4O2/c1-2-3-17(23)22-9-6-15(12-22)21-16-10-14(11-20-18(16)24)13-4-7-19-8-5-13/h2-5,7-8,10-11,15,21H,6,9,12H2,1H3,(H,20,24)/t15-/m1/s1. The van der Waals surface area contributed by atoms with Gasteiger partial charge in [-0.1, -0.05) is 6.08 Å². The van der Waals surface area contributed by atoms with Gasteiger partial charge in [0, 0.05) is 43.3 Å². The Bertz CT molecular complexity index is 798. The summed E-state index contributed by atoms with van der Waals surface area (Å²) in [7, 11) is 0. The van der Waals surface area contributed by atoms with E-state index in [0.717, 1.165) is 17.5 Å². The predicted octanol–water partition coefficient (Wildman–Crippen LogP) is 2.03. The zero-order chi connectivity index (χ0) is 16.9. The number of aromatic amines is 1. The maximum Gasteiger partial charge on any atom is 0.271 e. The Labute approximate surface area is 140 Å². The molecule has 1 saturated heterocycles. The van der Waals surface area contributed by atoms with Crippen molar-refractivity contribution in [2.75, 3.05) is 18.4 Å². The van der Waals surface area contributed by atoms with E-state index in [9.17, 15) is 9.59 Å². The first kappa shape index (κ1) is 16.0. The lowest BCUT2D eigenvalue weighted by atomic mass is 10.1. The van der Waals surface area contributed by atoms with Crippen LogP contribution >= 0.6 is 0 Å². The molecule has 2 N–H and O–H groups in total. The first-order valence-electron chi connectivity index (χ1n) is 7.98. The molecule has 1 aliphatic heterocycles. The molecule has 1 atom stereocenters. The van der Waals surface area contributed by atoms with E-state index in [4.69, 9.17) is 0 Å². The molecule has 0 saturated carbocycles. The molecule has 0 unspecified atom stereocenters. The van der Waals surface area contributed by atoms with Crippen molar-refractivity contribution in [1.29, 1.82) is 0 Å². The van der Waals surface area contributed by atoms with Crippen LogP contribution < -0.4 is 10.9 Å². The first-order valence-corrected chi connectivity index (χ1v) is 7.98. The number of carbonyl (C=O) groups is 1. The fraction of sp³-hybridized carbons (Fsp3) is 0.278. The third-order valence-corrected chi connectivity index (χ3v) is 4.09. The van der Waals surface area contributed by atoms with E-state index >= 15 is 0 Å². The van der Waals surface area contributed by atoms with Crippen molar-refractivity contribution in [2.24, 2.45) is 0 Å². The smallest absolute Gasteiger partial charge is 0.271 e. The number of H-pyrrole nitrogens is 1. The molecule has 6 heteroatoms. The Morgan fingerprint density at radius 2 is 2.17 bits per heavy atom. The van der Waals surface area contributed by atoms with Gasteiger partial charge in [0.1, 0.15) is 5.69 Å². The van der Waals surface area contributed by atoms with Crippen LogP contribution in [0.4, 0.5) is 5.69 Å². The summed E-state index contributed by atoms with van der Waals surface area (Å²) in [5, 5.41) is 3.27. The summed E-state index contributed by atoms with van der Waals surface area (Å²) in [4.78, 5) is 32.5. The number of hydrogen-bond acceptors (Lipinski definition) is 4. The summed E-state index contributed by atoms with van der Waals surface area (Å²) < 4.78 is 0. The van der Waals surface area contributed by atoms with Crippen molar-refractivity contribution >= 4 is 11.6 Å². The minimum absolute atomic E-state index is 0.0150. The van der Waals surface area contributed by atoms with Gasteiger partial charge in [-0.25, -0.2) is 0 Å². The third-order valence-electron chi connectivity index (χ3n) is 4.09. The first-order chi connectivity index (χ1) is 11.7. The van der Waals surface area contributed by atoms with Gasteiger partial charge >= 0.3 is 0 Å². The van der Waals surface area contributed by atoms with Crippen LogP contribution in [0.1, 0.15) is 13.3 Å². The van der Waals surface area contributed by atoms with Crippen LogP contribution in [0.2, 0.25) is 0 Å². The highest BCUT2D eigenvalue weighted by atomic mass is 16.2. The van der Waals surface area contributed by atoms with Crippen molar-refractivity contribution in [2.45, 2.75) is 19.4 Å². The number of nitrogens with one attached hydrogen (secondary N) is 2. The number of anilines is 1. The Balaban J connectivity index is 1.74. The van der Waals surface area contributed by atoms with E-state index in [2.05, 4.69) is 15.3 Å². The van der Waals surface area contributed by atoms with Gasteiger partial charge in [0.2, 0.25) is 5.91 Å². The summed E-state index contributed by atoms with van der Waals surface area (Å²) in [5.74, 6) is 0.0150. The monoisotopic (exact) mass is 324 g/mol. The topological polar surface area (TPSA) is 78.1 Å². The van der Waals surface area contributed by atoms with Gasteiger partial charge in [-0.15, -0.1) is 0 Å². The molecule has 6 nitrogen and oxygen atoms in total. The number of hydrogen-bond donors (Lipinski definition) is 2. The third kappa shape index (κ3) is 3.53. The minimum atomic E-state index is -0.161. The molecule has 2 aromatic rings. The van der Waals surface area contributed by atoms with Gasteiger partial charge in [-0.05, 0) is 43.2 Å². The lowest BCUT2D eigenvalue weighted by Crippen LogP contribution is -2.31. The van der Waals surface area contributed by atoms with Gasteiger partial charge in [0.15, 0.2) is 0 Å².